The van der Waals surface area contributed by atoms with Crippen molar-refractivity contribution < 1.29 is 18.0 Å². The molecule has 1 aromatic rings. The van der Waals surface area contributed by atoms with E-state index in [1.165, 1.54) is 6.07 Å². The number of likely N-dealkylation sites (tertiary alicyclic amines) is 1. The lowest BCUT2D eigenvalue weighted by molar-refractivity contribution is -0.137. The van der Waals surface area contributed by atoms with Gasteiger partial charge in [0.05, 0.1) is 5.56 Å². The number of piperidine rings is 1. The van der Waals surface area contributed by atoms with Crippen LogP contribution in [0.3, 0.4) is 0 Å². The Bertz CT molecular complexity index is 672. The van der Waals surface area contributed by atoms with Gasteiger partial charge in [0.2, 0.25) is 5.91 Å². The van der Waals surface area contributed by atoms with Crippen molar-refractivity contribution in [3.63, 3.8) is 0 Å². The number of carbonyl (C=O) groups excluding carboxylic acids is 1. The predicted molar refractivity (Wildman–Crippen MR) is 105 cm³/mol. The Morgan fingerprint density at radius 3 is 2.52 bits per heavy atom. The zero-order chi connectivity index (χ0) is 20.2. The summed E-state index contributed by atoms with van der Waals surface area (Å²) in [6.07, 6.45) is -1.96. The maximum absolute atomic E-state index is 12.9. The molecule has 1 amide bonds. The molecule has 1 atom stereocenters. The van der Waals surface area contributed by atoms with Gasteiger partial charge in [0, 0.05) is 37.8 Å². The molecule has 27 heavy (non-hydrogen) atoms. The molecule has 1 aliphatic rings. The third kappa shape index (κ3) is 5.57. The molecule has 0 bridgehead atoms. The van der Waals surface area contributed by atoms with Gasteiger partial charge in [-0.1, -0.05) is 13.0 Å². The summed E-state index contributed by atoms with van der Waals surface area (Å²) in [6, 6.07) is 5.35. The largest absolute Gasteiger partial charge is 0.416 e. The van der Waals surface area contributed by atoms with Crippen LogP contribution in [0.2, 0.25) is 0 Å². The van der Waals surface area contributed by atoms with Gasteiger partial charge in [-0.05, 0) is 56.6 Å². The van der Waals surface area contributed by atoms with Crippen molar-refractivity contribution in [1.29, 1.82) is 0 Å². The lowest BCUT2D eigenvalue weighted by atomic mass is 10.0. The predicted octanol–water partition coefficient (Wildman–Crippen LogP) is 4.51. The molecule has 0 radical (unpaired) electrons. The van der Waals surface area contributed by atoms with Crippen LogP contribution in [-0.2, 0) is 11.0 Å². The zero-order valence-electron chi connectivity index (χ0n) is 15.8. The molecule has 0 aromatic heterocycles. The molecule has 0 saturated carbocycles. The Morgan fingerprint density at radius 1 is 1.37 bits per heavy atom. The molecule has 8 heteroatoms. The van der Waals surface area contributed by atoms with Crippen molar-refractivity contribution in [1.82, 2.24) is 9.80 Å². The smallest absolute Gasteiger partial charge is 0.343 e. The van der Waals surface area contributed by atoms with Crippen LogP contribution in [0, 0.1) is 0 Å². The third-order valence-corrected chi connectivity index (χ3v) is 5.36. The SMILES string of the molecule is CC[C@H](C)N(C(=S)Nc1cccc(C(F)(F)F)c1)C1CCN(C(C)=O)CC1. The molecule has 4 nitrogen and oxygen atoms in total. The van der Waals surface area contributed by atoms with Gasteiger partial charge in [-0.2, -0.15) is 13.2 Å². The molecule has 1 heterocycles. The number of anilines is 1. The molecule has 1 N–H and O–H groups in total. The fourth-order valence-corrected chi connectivity index (χ4v) is 3.79. The Labute approximate surface area is 163 Å². The van der Waals surface area contributed by atoms with E-state index in [0.717, 1.165) is 31.4 Å². The van der Waals surface area contributed by atoms with E-state index in [-0.39, 0.29) is 18.0 Å². The van der Waals surface area contributed by atoms with E-state index in [2.05, 4.69) is 24.1 Å². The van der Waals surface area contributed by atoms with Crippen LogP contribution in [0.4, 0.5) is 18.9 Å². The number of hydrogen-bond acceptors (Lipinski definition) is 2. The van der Waals surface area contributed by atoms with E-state index in [1.807, 2.05) is 4.90 Å². The minimum atomic E-state index is -4.39. The standard InChI is InChI=1S/C19H26F3N3OS/c1-4-13(2)25(17-8-10-24(11-9-17)14(3)26)18(27)23-16-7-5-6-15(12-16)19(20,21)22/h5-7,12-13,17H,4,8-11H2,1-3H3,(H,23,27)/t13-/m0/s1. The average Bonchev–Trinajstić information content (AvgIpc) is 2.61. The summed E-state index contributed by atoms with van der Waals surface area (Å²) in [6.45, 7) is 7.00. The molecule has 0 spiro atoms. The number of alkyl halides is 3. The summed E-state index contributed by atoms with van der Waals surface area (Å²) >= 11 is 5.55. The fraction of sp³-hybridized carbons (Fsp3) is 0.579. The van der Waals surface area contributed by atoms with Crippen LogP contribution >= 0.6 is 12.2 Å². The summed E-state index contributed by atoms with van der Waals surface area (Å²) in [5, 5.41) is 3.40. The van der Waals surface area contributed by atoms with Crippen LogP contribution in [0.15, 0.2) is 24.3 Å². The van der Waals surface area contributed by atoms with Gasteiger partial charge in [-0.25, -0.2) is 0 Å². The monoisotopic (exact) mass is 401 g/mol. The van der Waals surface area contributed by atoms with Gasteiger partial charge < -0.3 is 15.1 Å². The van der Waals surface area contributed by atoms with Gasteiger partial charge in [-0.15, -0.1) is 0 Å². The Hall–Kier alpha value is -1.83. The second kappa shape index (κ2) is 8.91. The number of rotatable bonds is 4. The molecule has 1 fully saturated rings. The van der Waals surface area contributed by atoms with Gasteiger partial charge >= 0.3 is 6.18 Å². The summed E-state index contributed by atoms with van der Waals surface area (Å²) in [7, 11) is 0. The molecule has 1 aliphatic heterocycles. The summed E-state index contributed by atoms with van der Waals surface area (Å²) in [5.74, 6) is 0.0632. The van der Waals surface area contributed by atoms with Crippen molar-refractivity contribution in [3.05, 3.63) is 29.8 Å². The maximum atomic E-state index is 12.9. The van der Waals surface area contributed by atoms with Crippen molar-refractivity contribution >= 4 is 28.9 Å². The number of hydrogen-bond donors (Lipinski definition) is 1. The van der Waals surface area contributed by atoms with Crippen molar-refractivity contribution in [3.8, 4) is 0 Å². The summed E-state index contributed by atoms with van der Waals surface area (Å²) < 4.78 is 38.8. The zero-order valence-corrected chi connectivity index (χ0v) is 16.7. The highest BCUT2D eigenvalue weighted by Gasteiger charge is 2.32. The highest BCUT2D eigenvalue weighted by Crippen LogP contribution is 2.31. The molecular weight excluding hydrogens is 375 g/mol. The number of nitrogens with one attached hydrogen (secondary N) is 1. The maximum Gasteiger partial charge on any atom is 0.416 e. The van der Waals surface area contributed by atoms with E-state index in [9.17, 15) is 18.0 Å². The van der Waals surface area contributed by atoms with Crippen LogP contribution in [0.5, 0.6) is 0 Å². The minimum Gasteiger partial charge on any atom is -0.343 e. The van der Waals surface area contributed by atoms with Crippen LogP contribution in [0.1, 0.15) is 45.6 Å². The van der Waals surface area contributed by atoms with Crippen LogP contribution < -0.4 is 5.32 Å². The van der Waals surface area contributed by atoms with Crippen molar-refractivity contribution in [2.75, 3.05) is 18.4 Å². The third-order valence-electron chi connectivity index (χ3n) is 5.04. The van der Waals surface area contributed by atoms with E-state index in [4.69, 9.17) is 12.2 Å². The molecule has 0 aliphatic carbocycles. The first-order chi connectivity index (χ1) is 12.6. The van der Waals surface area contributed by atoms with Gasteiger partial charge in [0.25, 0.3) is 0 Å². The number of benzene rings is 1. The number of thiocarbonyl (C=S) groups is 1. The number of nitrogens with zero attached hydrogens (tertiary/aromatic N) is 2. The molecule has 0 unspecified atom stereocenters. The van der Waals surface area contributed by atoms with Crippen molar-refractivity contribution in [2.24, 2.45) is 0 Å². The minimum absolute atomic E-state index is 0.0632. The van der Waals surface area contributed by atoms with E-state index in [1.54, 1.807) is 13.0 Å². The second-order valence-corrected chi connectivity index (χ2v) is 7.30. The Kier molecular flexibility index (Phi) is 7.08. The summed E-state index contributed by atoms with van der Waals surface area (Å²) in [4.78, 5) is 15.4. The Morgan fingerprint density at radius 2 is 2.00 bits per heavy atom. The quantitative estimate of drug-likeness (QED) is 0.753. The van der Waals surface area contributed by atoms with Gasteiger partial charge in [-0.3, -0.25) is 4.79 Å². The van der Waals surface area contributed by atoms with E-state index < -0.39 is 11.7 Å². The lowest BCUT2D eigenvalue weighted by Crippen LogP contribution is -2.52. The molecule has 1 saturated heterocycles. The first-order valence-electron chi connectivity index (χ1n) is 9.15. The van der Waals surface area contributed by atoms with Crippen LogP contribution in [-0.4, -0.2) is 46.0 Å². The van der Waals surface area contributed by atoms with Crippen LogP contribution in [0.25, 0.3) is 0 Å². The van der Waals surface area contributed by atoms with Crippen molar-refractivity contribution in [2.45, 2.75) is 58.3 Å². The molecule has 150 valence electrons. The second-order valence-electron chi connectivity index (χ2n) is 6.91. The highest BCUT2D eigenvalue weighted by atomic mass is 32.1. The number of halogens is 3. The summed E-state index contributed by atoms with van der Waals surface area (Å²) in [5.41, 5.74) is -0.385. The first kappa shape index (κ1) is 21.5. The molecule has 2 rings (SSSR count). The Balaban J connectivity index is 2.13. The number of carbonyl (C=O) groups is 1. The molecule has 1 aromatic carbocycles. The number of amides is 1. The fourth-order valence-electron chi connectivity index (χ4n) is 3.34. The lowest BCUT2D eigenvalue weighted by Gasteiger charge is -2.42. The average molecular weight is 401 g/mol. The normalized spacial score (nSPS) is 16.7. The van der Waals surface area contributed by atoms with E-state index >= 15 is 0 Å². The first-order valence-corrected chi connectivity index (χ1v) is 9.56. The van der Waals surface area contributed by atoms with E-state index in [0.29, 0.717) is 23.9 Å². The molecular formula is C19H26F3N3OS. The van der Waals surface area contributed by atoms with Gasteiger partial charge in [0.15, 0.2) is 5.11 Å². The van der Waals surface area contributed by atoms with Gasteiger partial charge in [0.1, 0.15) is 0 Å². The topological polar surface area (TPSA) is 35.6 Å². The highest BCUT2D eigenvalue weighted by molar-refractivity contribution is 7.80.